The third-order valence-electron chi connectivity index (χ3n) is 5.08. The number of rotatable bonds is 5. The molecule has 1 aliphatic rings. The van der Waals surface area contributed by atoms with Crippen LogP contribution in [0.4, 0.5) is 5.69 Å². The maximum Gasteiger partial charge on any atom is 0.325 e. The quantitative estimate of drug-likeness (QED) is 0.545. The van der Waals surface area contributed by atoms with Crippen LogP contribution < -0.4 is 4.74 Å². The van der Waals surface area contributed by atoms with E-state index in [1.54, 1.807) is 7.11 Å². The average Bonchev–Trinajstić information content (AvgIpc) is 2.79. The number of aliphatic imine (C=N–C) groups is 1. The Labute approximate surface area is 180 Å². The van der Waals surface area contributed by atoms with Gasteiger partial charge < -0.3 is 14.4 Å². The lowest BCUT2D eigenvalue weighted by molar-refractivity contribution is -0.141. The summed E-state index contributed by atoms with van der Waals surface area (Å²) in [5.41, 5.74) is 3.67. The van der Waals surface area contributed by atoms with E-state index in [-0.39, 0.29) is 18.6 Å². The van der Waals surface area contributed by atoms with E-state index in [1.807, 2.05) is 77.7 Å². The average molecular weight is 421 g/mol. The van der Waals surface area contributed by atoms with Gasteiger partial charge in [-0.1, -0.05) is 41.9 Å². The SMILES string of the molecule is COC(=O)CN1C(c2ccc(OC)cc2)=Nc2ccc(Cl)cc2[C@H]1c1ccccc1. The maximum absolute atomic E-state index is 12.3. The van der Waals surface area contributed by atoms with Crippen molar-refractivity contribution in [3.05, 3.63) is 94.5 Å². The van der Waals surface area contributed by atoms with Crippen LogP contribution in [0.25, 0.3) is 0 Å². The maximum atomic E-state index is 12.3. The van der Waals surface area contributed by atoms with Gasteiger partial charge in [0.25, 0.3) is 0 Å². The first-order chi connectivity index (χ1) is 14.6. The largest absolute Gasteiger partial charge is 0.497 e. The van der Waals surface area contributed by atoms with Crippen LogP contribution >= 0.6 is 11.6 Å². The molecule has 1 heterocycles. The van der Waals surface area contributed by atoms with Crippen LogP contribution in [0.15, 0.2) is 77.8 Å². The topological polar surface area (TPSA) is 51.1 Å². The van der Waals surface area contributed by atoms with Gasteiger partial charge in [-0.2, -0.15) is 0 Å². The van der Waals surface area contributed by atoms with Crippen molar-refractivity contribution in [2.45, 2.75) is 6.04 Å². The van der Waals surface area contributed by atoms with Gasteiger partial charge in [-0.25, -0.2) is 4.99 Å². The number of hydrogen-bond acceptors (Lipinski definition) is 5. The van der Waals surface area contributed by atoms with Crippen LogP contribution in [0.1, 0.15) is 22.7 Å². The van der Waals surface area contributed by atoms with Crippen molar-refractivity contribution in [1.82, 2.24) is 4.90 Å². The summed E-state index contributed by atoms with van der Waals surface area (Å²) in [5.74, 6) is 1.09. The molecule has 0 saturated carbocycles. The summed E-state index contributed by atoms with van der Waals surface area (Å²) >= 11 is 6.32. The summed E-state index contributed by atoms with van der Waals surface area (Å²) < 4.78 is 10.3. The Kier molecular flexibility index (Phi) is 5.72. The molecule has 30 heavy (non-hydrogen) atoms. The smallest absolute Gasteiger partial charge is 0.325 e. The van der Waals surface area contributed by atoms with Crippen LogP contribution in [-0.2, 0) is 9.53 Å². The number of benzene rings is 3. The fourth-order valence-electron chi connectivity index (χ4n) is 3.65. The third kappa shape index (κ3) is 3.89. The van der Waals surface area contributed by atoms with Crippen LogP contribution in [0, 0.1) is 0 Å². The van der Waals surface area contributed by atoms with Gasteiger partial charge in [0.05, 0.1) is 25.9 Å². The number of fused-ring (bicyclic) bond motifs is 1. The minimum Gasteiger partial charge on any atom is -0.497 e. The zero-order valence-electron chi connectivity index (χ0n) is 16.7. The van der Waals surface area contributed by atoms with Crippen molar-refractivity contribution >= 4 is 29.1 Å². The second-order valence-corrected chi connectivity index (χ2v) is 7.32. The molecule has 0 radical (unpaired) electrons. The highest BCUT2D eigenvalue weighted by Crippen LogP contribution is 2.41. The highest BCUT2D eigenvalue weighted by Gasteiger charge is 2.33. The van der Waals surface area contributed by atoms with E-state index in [1.165, 1.54) is 7.11 Å². The fourth-order valence-corrected chi connectivity index (χ4v) is 3.83. The third-order valence-corrected chi connectivity index (χ3v) is 5.32. The highest BCUT2D eigenvalue weighted by molar-refractivity contribution is 6.30. The normalized spacial score (nSPS) is 15.2. The van der Waals surface area contributed by atoms with E-state index in [0.29, 0.717) is 10.9 Å². The zero-order chi connectivity index (χ0) is 21.1. The predicted octanol–water partition coefficient (Wildman–Crippen LogP) is 5.00. The molecule has 0 N–H and O–H groups in total. The molecule has 0 unspecified atom stereocenters. The number of nitrogens with zero attached hydrogens (tertiary/aromatic N) is 2. The summed E-state index contributed by atoms with van der Waals surface area (Å²) in [7, 11) is 3.01. The van der Waals surface area contributed by atoms with Gasteiger partial charge in [-0.15, -0.1) is 0 Å². The van der Waals surface area contributed by atoms with Crippen molar-refractivity contribution in [2.75, 3.05) is 20.8 Å². The number of carbonyl (C=O) groups is 1. The first-order valence-corrected chi connectivity index (χ1v) is 9.89. The molecule has 1 atom stereocenters. The summed E-state index contributed by atoms with van der Waals surface area (Å²) in [5, 5.41) is 0.621. The van der Waals surface area contributed by atoms with Crippen molar-refractivity contribution in [3.63, 3.8) is 0 Å². The summed E-state index contributed by atoms with van der Waals surface area (Å²) in [6.07, 6.45) is 0. The minimum absolute atomic E-state index is 0.0485. The lowest BCUT2D eigenvalue weighted by Crippen LogP contribution is -2.42. The number of ether oxygens (including phenoxy) is 2. The fraction of sp³-hybridized carbons (Fsp3) is 0.167. The van der Waals surface area contributed by atoms with Gasteiger partial charge in [0, 0.05) is 16.1 Å². The standard InChI is InChI=1S/C24H21ClN2O3/c1-29-19-11-8-17(9-12-19)24-26-21-13-10-18(25)14-20(21)23(16-6-4-3-5-7-16)27(24)15-22(28)30-2/h3-14,23H,15H2,1-2H3/t23-/m1/s1. The van der Waals surface area contributed by atoms with Gasteiger partial charge in [0.2, 0.25) is 0 Å². The molecule has 0 bridgehead atoms. The molecule has 0 aromatic heterocycles. The van der Waals surface area contributed by atoms with Gasteiger partial charge in [-0.3, -0.25) is 4.79 Å². The number of methoxy groups -OCH3 is 2. The molecule has 1 aliphatic heterocycles. The van der Waals surface area contributed by atoms with E-state index >= 15 is 0 Å². The molecule has 5 nitrogen and oxygen atoms in total. The lowest BCUT2D eigenvalue weighted by atomic mass is 9.93. The molecule has 4 rings (SSSR count). The molecule has 6 heteroatoms. The Morgan fingerprint density at radius 1 is 1.03 bits per heavy atom. The molecule has 0 fully saturated rings. The molecular weight excluding hydrogens is 400 g/mol. The Morgan fingerprint density at radius 2 is 1.77 bits per heavy atom. The number of hydrogen-bond donors (Lipinski definition) is 0. The molecule has 0 saturated heterocycles. The predicted molar refractivity (Wildman–Crippen MR) is 118 cm³/mol. The summed E-state index contributed by atoms with van der Waals surface area (Å²) in [4.78, 5) is 19.2. The van der Waals surface area contributed by atoms with Crippen molar-refractivity contribution in [1.29, 1.82) is 0 Å². The van der Waals surface area contributed by atoms with Gasteiger partial charge in [0.15, 0.2) is 0 Å². The van der Waals surface area contributed by atoms with Crippen LogP contribution in [-0.4, -0.2) is 37.5 Å². The van der Waals surface area contributed by atoms with E-state index in [2.05, 4.69) is 0 Å². The van der Waals surface area contributed by atoms with Crippen LogP contribution in [0.2, 0.25) is 5.02 Å². The molecule has 0 spiro atoms. The molecule has 0 amide bonds. The number of halogens is 1. The molecule has 152 valence electrons. The second-order valence-electron chi connectivity index (χ2n) is 6.88. The Balaban J connectivity index is 1.91. The second kappa shape index (κ2) is 8.59. The van der Waals surface area contributed by atoms with Gasteiger partial charge in [0.1, 0.15) is 18.1 Å². The van der Waals surface area contributed by atoms with Crippen LogP contribution in [0.5, 0.6) is 5.75 Å². The summed E-state index contributed by atoms with van der Waals surface area (Å²) in [6, 6.07) is 23.0. The lowest BCUT2D eigenvalue weighted by Gasteiger charge is -2.38. The number of esters is 1. The highest BCUT2D eigenvalue weighted by atomic mass is 35.5. The Hall–Kier alpha value is -3.31. The molecular formula is C24H21ClN2O3. The van der Waals surface area contributed by atoms with Gasteiger partial charge in [-0.05, 0) is 48.0 Å². The Bertz CT molecular complexity index is 1080. The first kappa shape index (κ1) is 20.0. The zero-order valence-corrected chi connectivity index (χ0v) is 17.5. The van der Waals surface area contributed by atoms with E-state index in [9.17, 15) is 4.79 Å². The van der Waals surface area contributed by atoms with Crippen LogP contribution in [0.3, 0.4) is 0 Å². The minimum atomic E-state index is -0.345. The van der Waals surface area contributed by atoms with E-state index < -0.39 is 0 Å². The molecule has 3 aromatic rings. The Morgan fingerprint density at radius 3 is 2.43 bits per heavy atom. The number of carbonyl (C=O) groups excluding carboxylic acids is 1. The first-order valence-electron chi connectivity index (χ1n) is 9.51. The molecule has 3 aromatic carbocycles. The van der Waals surface area contributed by atoms with Crippen molar-refractivity contribution in [3.8, 4) is 5.75 Å². The van der Waals surface area contributed by atoms with Crippen molar-refractivity contribution in [2.24, 2.45) is 4.99 Å². The van der Waals surface area contributed by atoms with E-state index in [4.69, 9.17) is 26.1 Å². The van der Waals surface area contributed by atoms with Crippen molar-refractivity contribution < 1.29 is 14.3 Å². The monoisotopic (exact) mass is 420 g/mol. The summed E-state index contributed by atoms with van der Waals surface area (Å²) in [6.45, 7) is 0.0485. The van der Waals surface area contributed by atoms with Gasteiger partial charge >= 0.3 is 5.97 Å². The van der Waals surface area contributed by atoms with E-state index in [0.717, 1.165) is 28.1 Å². The number of amidine groups is 1. The molecule has 0 aliphatic carbocycles.